The van der Waals surface area contributed by atoms with Gasteiger partial charge in [0.25, 0.3) is 5.91 Å². The van der Waals surface area contributed by atoms with Crippen molar-refractivity contribution in [2.75, 3.05) is 26.8 Å². The van der Waals surface area contributed by atoms with Crippen LogP contribution < -0.4 is 9.47 Å². The monoisotopic (exact) mass is 313 g/mol. The molecule has 0 unspecified atom stereocenters. The standard InChI is InChI=1S/C15H20ClNO4/c1-3-21-14-12(16)8-10(9-13(14)20-2)15(19)17-6-4-11(18)5-7-17/h8-9,11,18H,3-7H2,1-2H3. The fourth-order valence-corrected chi connectivity index (χ4v) is 2.64. The van der Waals surface area contributed by atoms with Crippen LogP contribution >= 0.6 is 11.6 Å². The predicted molar refractivity (Wildman–Crippen MR) is 80.3 cm³/mol. The molecule has 116 valence electrons. The van der Waals surface area contributed by atoms with Gasteiger partial charge in [0.1, 0.15) is 0 Å². The molecule has 21 heavy (non-hydrogen) atoms. The van der Waals surface area contributed by atoms with E-state index in [1.807, 2.05) is 6.92 Å². The Labute approximate surface area is 129 Å². The number of halogens is 1. The van der Waals surface area contributed by atoms with Crippen molar-refractivity contribution in [3.05, 3.63) is 22.7 Å². The molecule has 1 fully saturated rings. The van der Waals surface area contributed by atoms with E-state index < -0.39 is 0 Å². The zero-order chi connectivity index (χ0) is 15.4. The normalized spacial score (nSPS) is 15.9. The van der Waals surface area contributed by atoms with Crippen LogP contribution in [0.4, 0.5) is 0 Å². The Hall–Kier alpha value is -1.46. The molecule has 2 rings (SSSR count). The lowest BCUT2D eigenvalue weighted by molar-refractivity contribution is 0.0546. The number of hydrogen-bond acceptors (Lipinski definition) is 4. The zero-order valence-electron chi connectivity index (χ0n) is 12.3. The minimum absolute atomic E-state index is 0.106. The highest BCUT2D eigenvalue weighted by Gasteiger charge is 2.24. The molecule has 6 heteroatoms. The van der Waals surface area contributed by atoms with E-state index in [0.29, 0.717) is 54.6 Å². The Morgan fingerprint density at radius 2 is 2.10 bits per heavy atom. The first kappa shape index (κ1) is 15.9. The van der Waals surface area contributed by atoms with Crippen LogP contribution in [0.3, 0.4) is 0 Å². The average Bonchev–Trinajstić information content (AvgIpc) is 2.49. The minimum atomic E-state index is -0.312. The van der Waals surface area contributed by atoms with Gasteiger partial charge >= 0.3 is 0 Å². The van der Waals surface area contributed by atoms with E-state index in [1.165, 1.54) is 7.11 Å². The molecular weight excluding hydrogens is 294 g/mol. The van der Waals surface area contributed by atoms with Gasteiger partial charge in [-0.15, -0.1) is 0 Å². The van der Waals surface area contributed by atoms with Crippen molar-refractivity contribution in [3.63, 3.8) is 0 Å². The number of ether oxygens (including phenoxy) is 2. The quantitative estimate of drug-likeness (QED) is 0.927. The number of aliphatic hydroxyl groups excluding tert-OH is 1. The van der Waals surface area contributed by atoms with Gasteiger partial charge in [0.2, 0.25) is 0 Å². The Kier molecular flexibility index (Phi) is 5.31. The Morgan fingerprint density at radius 3 is 2.67 bits per heavy atom. The summed E-state index contributed by atoms with van der Waals surface area (Å²) < 4.78 is 10.7. The van der Waals surface area contributed by atoms with E-state index >= 15 is 0 Å². The topological polar surface area (TPSA) is 59.0 Å². The number of benzene rings is 1. The van der Waals surface area contributed by atoms with Crippen molar-refractivity contribution >= 4 is 17.5 Å². The summed E-state index contributed by atoms with van der Waals surface area (Å²) in [4.78, 5) is 14.2. The molecule has 0 bridgehead atoms. The number of aliphatic hydroxyl groups is 1. The molecule has 0 aromatic heterocycles. The van der Waals surface area contributed by atoms with E-state index in [-0.39, 0.29) is 12.0 Å². The first-order valence-electron chi connectivity index (χ1n) is 7.04. The first-order chi connectivity index (χ1) is 10.1. The summed E-state index contributed by atoms with van der Waals surface area (Å²) in [6.07, 6.45) is 0.897. The number of hydrogen-bond donors (Lipinski definition) is 1. The van der Waals surface area contributed by atoms with Crippen molar-refractivity contribution in [2.24, 2.45) is 0 Å². The molecule has 1 heterocycles. The van der Waals surface area contributed by atoms with Gasteiger partial charge in [-0.3, -0.25) is 4.79 Å². The number of nitrogens with zero attached hydrogens (tertiary/aromatic N) is 1. The third-order valence-electron chi connectivity index (χ3n) is 3.52. The molecule has 0 atom stereocenters. The number of carbonyl (C=O) groups excluding carboxylic acids is 1. The number of piperidine rings is 1. The third-order valence-corrected chi connectivity index (χ3v) is 3.80. The largest absolute Gasteiger partial charge is 0.493 e. The Bertz CT molecular complexity index is 513. The fourth-order valence-electron chi connectivity index (χ4n) is 2.38. The molecule has 0 saturated carbocycles. The van der Waals surface area contributed by atoms with E-state index in [2.05, 4.69) is 0 Å². The van der Waals surface area contributed by atoms with Gasteiger partial charge in [-0.1, -0.05) is 11.6 Å². The fraction of sp³-hybridized carbons (Fsp3) is 0.533. The van der Waals surface area contributed by atoms with Gasteiger partial charge in [0.15, 0.2) is 11.5 Å². The number of likely N-dealkylation sites (tertiary alicyclic amines) is 1. The zero-order valence-corrected chi connectivity index (χ0v) is 13.0. The van der Waals surface area contributed by atoms with Crippen LogP contribution in [-0.4, -0.2) is 48.8 Å². The third kappa shape index (κ3) is 3.60. The van der Waals surface area contributed by atoms with E-state index in [1.54, 1.807) is 17.0 Å². The molecule has 1 aromatic carbocycles. The lowest BCUT2D eigenvalue weighted by atomic mass is 10.1. The number of methoxy groups -OCH3 is 1. The maximum absolute atomic E-state index is 12.5. The molecule has 1 aliphatic rings. The van der Waals surface area contributed by atoms with Gasteiger partial charge in [-0.25, -0.2) is 0 Å². The van der Waals surface area contributed by atoms with Gasteiger partial charge in [0, 0.05) is 18.7 Å². The highest BCUT2D eigenvalue weighted by molar-refractivity contribution is 6.32. The highest BCUT2D eigenvalue weighted by atomic mass is 35.5. The van der Waals surface area contributed by atoms with Crippen molar-refractivity contribution in [2.45, 2.75) is 25.9 Å². The molecule has 1 aliphatic heterocycles. The van der Waals surface area contributed by atoms with Gasteiger partial charge < -0.3 is 19.5 Å². The SMILES string of the molecule is CCOc1c(Cl)cc(C(=O)N2CCC(O)CC2)cc1OC. The Balaban J connectivity index is 2.23. The second-order valence-corrected chi connectivity index (χ2v) is 5.35. The van der Waals surface area contributed by atoms with Crippen LogP contribution in [0, 0.1) is 0 Å². The highest BCUT2D eigenvalue weighted by Crippen LogP contribution is 2.36. The van der Waals surface area contributed by atoms with Gasteiger partial charge in [-0.05, 0) is 31.9 Å². The summed E-state index contributed by atoms with van der Waals surface area (Å²) >= 11 is 6.18. The smallest absolute Gasteiger partial charge is 0.254 e. The molecule has 1 saturated heterocycles. The van der Waals surface area contributed by atoms with Crippen LogP contribution in [0.5, 0.6) is 11.5 Å². The summed E-state index contributed by atoms with van der Waals surface area (Å²) in [5, 5.41) is 9.86. The Morgan fingerprint density at radius 1 is 1.43 bits per heavy atom. The predicted octanol–water partition coefficient (Wildman–Crippen LogP) is 2.34. The second-order valence-electron chi connectivity index (χ2n) is 4.95. The molecular formula is C15H20ClNO4. The average molecular weight is 314 g/mol. The number of rotatable bonds is 4. The summed E-state index contributed by atoms with van der Waals surface area (Å²) in [5.41, 5.74) is 0.469. The molecule has 1 aromatic rings. The van der Waals surface area contributed by atoms with Crippen LogP contribution in [-0.2, 0) is 0 Å². The van der Waals surface area contributed by atoms with Crippen LogP contribution in [0.25, 0.3) is 0 Å². The molecule has 0 radical (unpaired) electrons. The molecule has 0 spiro atoms. The van der Waals surface area contributed by atoms with Crippen molar-refractivity contribution in [1.29, 1.82) is 0 Å². The molecule has 0 aliphatic carbocycles. The summed E-state index contributed by atoms with van der Waals surface area (Å²) in [6.45, 7) is 3.42. The lowest BCUT2D eigenvalue weighted by Gasteiger charge is -2.29. The van der Waals surface area contributed by atoms with Crippen LogP contribution in [0.1, 0.15) is 30.1 Å². The van der Waals surface area contributed by atoms with Crippen LogP contribution in [0.2, 0.25) is 5.02 Å². The minimum Gasteiger partial charge on any atom is -0.493 e. The summed E-state index contributed by atoms with van der Waals surface area (Å²) in [5.74, 6) is 0.794. The van der Waals surface area contributed by atoms with Gasteiger partial charge in [-0.2, -0.15) is 0 Å². The number of amides is 1. The van der Waals surface area contributed by atoms with Crippen LogP contribution in [0.15, 0.2) is 12.1 Å². The summed E-state index contributed by atoms with van der Waals surface area (Å²) in [6, 6.07) is 3.24. The van der Waals surface area contributed by atoms with E-state index in [0.717, 1.165) is 0 Å². The van der Waals surface area contributed by atoms with E-state index in [4.69, 9.17) is 21.1 Å². The number of carbonyl (C=O) groups is 1. The van der Waals surface area contributed by atoms with Gasteiger partial charge in [0.05, 0.1) is 24.8 Å². The van der Waals surface area contributed by atoms with Crippen molar-refractivity contribution < 1.29 is 19.4 Å². The maximum Gasteiger partial charge on any atom is 0.254 e. The first-order valence-corrected chi connectivity index (χ1v) is 7.42. The molecule has 1 N–H and O–H groups in total. The van der Waals surface area contributed by atoms with Crippen molar-refractivity contribution in [1.82, 2.24) is 4.90 Å². The second kappa shape index (κ2) is 7.00. The maximum atomic E-state index is 12.5. The van der Waals surface area contributed by atoms with E-state index in [9.17, 15) is 9.90 Å². The lowest BCUT2D eigenvalue weighted by Crippen LogP contribution is -2.40. The molecule has 1 amide bonds. The van der Waals surface area contributed by atoms with Crippen molar-refractivity contribution in [3.8, 4) is 11.5 Å². The molecule has 5 nitrogen and oxygen atoms in total. The summed E-state index contributed by atoms with van der Waals surface area (Å²) in [7, 11) is 1.51.